The van der Waals surface area contributed by atoms with Crippen LogP contribution in [0.25, 0.3) is 0 Å². The first-order valence-electron chi connectivity index (χ1n) is 6.36. The van der Waals surface area contributed by atoms with E-state index >= 15 is 0 Å². The number of nitrogens with two attached hydrogens (primary N) is 1. The number of benzene rings is 1. The molecule has 0 saturated carbocycles. The van der Waals surface area contributed by atoms with Gasteiger partial charge in [-0.2, -0.15) is 4.31 Å². The van der Waals surface area contributed by atoms with Crippen LogP contribution < -0.4 is 5.73 Å². The van der Waals surface area contributed by atoms with Crippen molar-refractivity contribution in [2.24, 2.45) is 5.73 Å². The highest BCUT2D eigenvalue weighted by Crippen LogP contribution is 2.22. The lowest BCUT2D eigenvalue weighted by molar-refractivity contribution is -0.385. The third-order valence-corrected chi connectivity index (χ3v) is 4.70. The zero-order chi connectivity index (χ0) is 17.0. The molecule has 0 radical (unpaired) electrons. The lowest BCUT2D eigenvalue weighted by Crippen LogP contribution is -2.37. The Bertz CT molecular complexity index is 816. The second-order valence-corrected chi connectivity index (χ2v) is 6.51. The van der Waals surface area contributed by atoms with Gasteiger partial charge in [0.05, 0.1) is 29.2 Å². The van der Waals surface area contributed by atoms with Crippen LogP contribution in [-0.2, 0) is 21.4 Å². The fraction of sp³-hybridized carbons (Fsp3) is 0.154. The summed E-state index contributed by atoms with van der Waals surface area (Å²) in [6.07, 6.45) is 1.36. The van der Waals surface area contributed by atoms with E-state index in [4.69, 9.17) is 10.2 Å². The number of nitro benzene ring substituents is 1. The molecule has 0 saturated heterocycles. The molecule has 23 heavy (non-hydrogen) atoms. The molecule has 1 aromatic heterocycles. The van der Waals surface area contributed by atoms with E-state index in [-0.39, 0.29) is 17.1 Å². The highest BCUT2D eigenvalue weighted by Gasteiger charge is 2.28. The number of sulfonamides is 1. The van der Waals surface area contributed by atoms with Crippen molar-refractivity contribution in [3.05, 3.63) is 58.5 Å². The molecule has 2 N–H and O–H groups in total. The van der Waals surface area contributed by atoms with Gasteiger partial charge >= 0.3 is 0 Å². The lowest BCUT2D eigenvalue weighted by Gasteiger charge is -2.19. The standard InChI is InChI=1S/C13H13N3O6S/c14-13(17)9-15(8-11-4-2-6-22-11)23(20,21)12-5-1-3-10(7-12)16(18)19/h1-7H,8-9H2,(H2,14,17). The molecule has 122 valence electrons. The summed E-state index contributed by atoms with van der Waals surface area (Å²) in [7, 11) is -4.16. The van der Waals surface area contributed by atoms with Crippen molar-refractivity contribution in [2.75, 3.05) is 6.54 Å². The topological polar surface area (TPSA) is 137 Å². The molecule has 1 amide bonds. The van der Waals surface area contributed by atoms with E-state index < -0.39 is 27.4 Å². The van der Waals surface area contributed by atoms with Gasteiger partial charge in [0.2, 0.25) is 15.9 Å². The van der Waals surface area contributed by atoms with Crippen molar-refractivity contribution in [1.29, 1.82) is 0 Å². The summed E-state index contributed by atoms with van der Waals surface area (Å²) < 4.78 is 31.1. The number of hydrogen-bond donors (Lipinski definition) is 1. The number of furan rings is 1. The molecule has 0 aliphatic rings. The molecule has 1 heterocycles. The van der Waals surface area contributed by atoms with Gasteiger partial charge in [-0.05, 0) is 18.2 Å². The van der Waals surface area contributed by atoms with Crippen LogP contribution in [0.2, 0.25) is 0 Å². The first kappa shape index (κ1) is 16.6. The number of rotatable bonds is 7. The molecule has 1 aromatic carbocycles. The Labute approximate surface area is 131 Å². The Morgan fingerprint density at radius 3 is 2.61 bits per heavy atom. The molecule has 0 spiro atoms. The number of hydrogen-bond acceptors (Lipinski definition) is 6. The Morgan fingerprint density at radius 2 is 2.04 bits per heavy atom. The number of carbonyl (C=O) groups is 1. The minimum absolute atomic E-state index is 0.221. The predicted molar refractivity (Wildman–Crippen MR) is 78.6 cm³/mol. The van der Waals surface area contributed by atoms with Crippen molar-refractivity contribution >= 4 is 21.6 Å². The smallest absolute Gasteiger partial charge is 0.270 e. The highest BCUT2D eigenvalue weighted by atomic mass is 32.2. The van der Waals surface area contributed by atoms with Crippen LogP contribution in [-0.4, -0.2) is 30.1 Å². The minimum atomic E-state index is -4.16. The zero-order valence-corrected chi connectivity index (χ0v) is 12.6. The minimum Gasteiger partial charge on any atom is -0.468 e. The number of primary amides is 1. The summed E-state index contributed by atoms with van der Waals surface area (Å²) in [5, 5.41) is 10.8. The number of nitrogens with zero attached hydrogens (tertiary/aromatic N) is 2. The van der Waals surface area contributed by atoms with Crippen molar-refractivity contribution in [2.45, 2.75) is 11.4 Å². The molecule has 0 bridgehead atoms. The van der Waals surface area contributed by atoms with Crippen molar-refractivity contribution in [3.63, 3.8) is 0 Å². The van der Waals surface area contributed by atoms with Gasteiger partial charge in [-0.15, -0.1) is 0 Å². The summed E-state index contributed by atoms with van der Waals surface area (Å²) in [5.74, 6) is -0.550. The highest BCUT2D eigenvalue weighted by molar-refractivity contribution is 7.89. The van der Waals surface area contributed by atoms with Crippen molar-refractivity contribution in [3.8, 4) is 0 Å². The van der Waals surface area contributed by atoms with Gasteiger partial charge in [0.25, 0.3) is 5.69 Å². The maximum atomic E-state index is 12.6. The molecule has 2 aromatic rings. The van der Waals surface area contributed by atoms with Gasteiger partial charge in [0.15, 0.2) is 0 Å². The molecule has 0 aliphatic heterocycles. The second kappa shape index (κ2) is 6.58. The first-order valence-corrected chi connectivity index (χ1v) is 7.80. The van der Waals surface area contributed by atoms with Crippen LogP contribution in [0.4, 0.5) is 5.69 Å². The van der Waals surface area contributed by atoms with E-state index in [1.165, 1.54) is 30.5 Å². The number of non-ortho nitro benzene ring substituents is 1. The Kier molecular flexibility index (Phi) is 4.77. The zero-order valence-electron chi connectivity index (χ0n) is 11.8. The van der Waals surface area contributed by atoms with Gasteiger partial charge in [-0.25, -0.2) is 8.42 Å². The second-order valence-electron chi connectivity index (χ2n) is 4.57. The number of carbonyl (C=O) groups excluding carboxylic acids is 1. The average Bonchev–Trinajstić information content (AvgIpc) is 2.99. The van der Waals surface area contributed by atoms with Gasteiger partial charge in [0.1, 0.15) is 5.76 Å². The van der Waals surface area contributed by atoms with Crippen LogP contribution in [0, 0.1) is 10.1 Å². The maximum absolute atomic E-state index is 12.6. The summed E-state index contributed by atoms with van der Waals surface area (Å²) in [5.41, 5.74) is 4.72. The molecule has 9 nitrogen and oxygen atoms in total. The predicted octanol–water partition coefficient (Wildman–Crippen LogP) is 0.864. The molecule has 0 unspecified atom stereocenters. The molecule has 10 heteroatoms. The monoisotopic (exact) mass is 339 g/mol. The first-order chi connectivity index (χ1) is 10.8. The van der Waals surface area contributed by atoms with Crippen LogP contribution in [0.5, 0.6) is 0 Å². The van der Waals surface area contributed by atoms with Gasteiger partial charge in [-0.3, -0.25) is 14.9 Å². The van der Waals surface area contributed by atoms with Crippen LogP contribution in [0.15, 0.2) is 52.0 Å². The Balaban J connectivity index is 2.40. The summed E-state index contributed by atoms with van der Waals surface area (Å²) in [6, 6.07) is 7.66. The Morgan fingerprint density at radius 1 is 1.30 bits per heavy atom. The molecule has 0 atom stereocenters. The number of amides is 1. The third-order valence-electron chi connectivity index (χ3n) is 2.91. The van der Waals surface area contributed by atoms with Gasteiger partial charge < -0.3 is 10.2 Å². The normalized spacial score (nSPS) is 11.5. The lowest BCUT2D eigenvalue weighted by atomic mass is 10.3. The largest absolute Gasteiger partial charge is 0.468 e. The van der Waals surface area contributed by atoms with E-state index in [1.807, 2.05) is 0 Å². The van der Waals surface area contributed by atoms with E-state index in [0.29, 0.717) is 5.76 Å². The average molecular weight is 339 g/mol. The molecule has 0 fully saturated rings. The fourth-order valence-corrected chi connectivity index (χ4v) is 3.30. The third kappa shape index (κ3) is 3.93. The van der Waals surface area contributed by atoms with Gasteiger partial charge in [-0.1, -0.05) is 6.07 Å². The van der Waals surface area contributed by atoms with Crippen LogP contribution >= 0.6 is 0 Å². The molecule has 0 aliphatic carbocycles. The Hall–Kier alpha value is -2.72. The quantitative estimate of drug-likeness (QED) is 0.587. The van der Waals surface area contributed by atoms with Crippen LogP contribution in [0.3, 0.4) is 0 Å². The van der Waals surface area contributed by atoms with Gasteiger partial charge in [0, 0.05) is 12.1 Å². The SMILES string of the molecule is NC(=O)CN(Cc1ccco1)S(=O)(=O)c1cccc([N+](=O)[O-])c1. The molecule has 2 rings (SSSR count). The molecular formula is C13H13N3O6S. The van der Waals surface area contributed by atoms with E-state index in [9.17, 15) is 23.3 Å². The van der Waals surface area contributed by atoms with E-state index in [2.05, 4.69) is 0 Å². The summed E-state index contributed by atoms with van der Waals surface area (Å²) >= 11 is 0. The maximum Gasteiger partial charge on any atom is 0.270 e. The molecular weight excluding hydrogens is 326 g/mol. The summed E-state index contributed by atoms with van der Waals surface area (Å²) in [4.78, 5) is 21.0. The van der Waals surface area contributed by atoms with E-state index in [0.717, 1.165) is 10.4 Å². The fourth-order valence-electron chi connectivity index (χ4n) is 1.88. The number of nitro groups is 1. The summed E-state index contributed by atoms with van der Waals surface area (Å²) in [6.45, 7) is -0.799. The van der Waals surface area contributed by atoms with Crippen molar-refractivity contribution < 1.29 is 22.6 Å². The van der Waals surface area contributed by atoms with E-state index in [1.54, 1.807) is 6.07 Å². The van der Waals surface area contributed by atoms with Crippen molar-refractivity contribution in [1.82, 2.24) is 4.31 Å². The van der Waals surface area contributed by atoms with Crippen LogP contribution in [0.1, 0.15) is 5.76 Å².